The number of benzene rings is 1. The molecule has 4 aromatic rings. The molecule has 0 radical (unpaired) electrons. The van der Waals surface area contributed by atoms with E-state index >= 15 is 0 Å². The molecule has 178 valence electrons. The van der Waals surface area contributed by atoms with Crippen LogP contribution in [0.15, 0.2) is 34.4 Å². The van der Waals surface area contributed by atoms with E-state index in [0.717, 1.165) is 14.6 Å². The van der Waals surface area contributed by atoms with Crippen molar-refractivity contribution in [3.63, 3.8) is 0 Å². The molecule has 0 spiro atoms. The van der Waals surface area contributed by atoms with Crippen molar-refractivity contribution in [3.8, 4) is 16.3 Å². The van der Waals surface area contributed by atoms with E-state index in [1.807, 2.05) is 66.0 Å². The van der Waals surface area contributed by atoms with Crippen molar-refractivity contribution in [2.45, 2.75) is 65.8 Å². The first-order valence-corrected chi connectivity index (χ1v) is 12.8. The molecule has 34 heavy (non-hydrogen) atoms. The summed E-state index contributed by atoms with van der Waals surface area (Å²) < 4.78 is 1.96. The Morgan fingerprint density at radius 3 is 2.24 bits per heavy atom. The van der Waals surface area contributed by atoms with Crippen LogP contribution in [-0.4, -0.2) is 25.7 Å². The van der Waals surface area contributed by atoms with Gasteiger partial charge in [-0.2, -0.15) is 5.10 Å². The molecular weight excluding hydrogens is 466 g/mol. The fourth-order valence-electron chi connectivity index (χ4n) is 3.91. The lowest BCUT2D eigenvalue weighted by Gasteiger charge is -2.28. The number of carbonyl (C=O) groups excluding carboxylic acids is 1. The smallest absolute Gasteiger partial charge is 0.294 e. The number of aryl methyl sites for hydroxylation is 1. The number of aromatic nitrogens is 3. The molecule has 1 aromatic carbocycles. The summed E-state index contributed by atoms with van der Waals surface area (Å²) in [6.07, 6.45) is 0. The van der Waals surface area contributed by atoms with Crippen LogP contribution in [0.3, 0.4) is 0 Å². The van der Waals surface area contributed by atoms with E-state index in [2.05, 4.69) is 10.1 Å². The van der Waals surface area contributed by atoms with Gasteiger partial charge in [0.2, 0.25) is 0 Å². The molecule has 0 aliphatic carbocycles. The minimum Gasteiger partial charge on any atom is -0.507 e. The maximum atomic E-state index is 13.5. The van der Waals surface area contributed by atoms with Gasteiger partial charge in [0.05, 0.1) is 14.6 Å². The van der Waals surface area contributed by atoms with Crippen LogP contribution in [0.25, 0.3) is 20.8 Å². The van der Waals surface area contributed by atoms with Crippen molar-refractivity contribution in [2.24, 2.45) is 0 Å². The number of fused-ring (bicyclic) bond motifs is 1. The first kappa shape index (κ1) is 24.3. The number of thiazole rings is 1. The number of phenolic OH excluding ortho intramolecular Hbond substituents is 1. The second-order valence-electron chi connectivity index (χ2n) is 10.5. The number of hydrogen-bond donors (Lipinski definition) is 1. The maximum absolute atomic E-state index is 13.5. The van der Waals surface area contributed by atoms with Gasteiger partial charge in [0.1, 0.15) is 18.0 Å². The monoisotopic (exact) mass is 495 g/mol. The predicted octanol–water partition coefficient (Wildman–Crippen LogP) is 6.07. The Labute approximate surface area is 206 Å². The van der Waals surface area contributed by atoms with Gasteiger partial charge in [0.25, 0.3) is 5.56 Å². The van der Waals surface area contributed by atoms with E-state index in [0.29, 0.717) is 27.9 Å². The summed E-state index contributed by atoms with van der Waals surface area (Å²) in [5.41, 5.74) is 1.76. The van der Waals surface area contributed by atoms with Gasteiger partial charge in [0.15, 0.2) is 11.3 Å². The average Bonchev–Trinajstić information content (AvgIpc) is 3.38. The number of Topliss-reactive ketones (excluding diaryl/α,β-unsaturated/α-hetero) is 1. The Morgan fingerprint density at radius 2 is 1.71 bits per heavy atom. The highest BCUT2D eigenvalue weighted by Gasteiger charge is 2.28. The van der Waals surface area contributed by atoms with Crippen LogP contribution in [0.2, 0.25) is 0 Å². The standard InChI is InChI=1S/C26H29N3O3S2/c1-14-27-21-23(34-14)20(19-9-8-10-33-19)28-29(24(21)32)13-18(30)15-11-16(25(2,3)4)22(31)17(12-15)26(5,6)7/h8-12,31H,13H2,1-7H3. The quantitative estimate of drug-likeness (QED) is 0.347. The summed E-state index contributed by atoms with van der Waals surface area (Å²) in [5, 5.41) is 18.3. The number of aromatic hydroxyl groups is 1. The fraction of sp³-hybridized carbons (Fsp3) is 0.385. The highest BCUT2D eigenvalue weighted by Crippen LogP contribution is 2.40. The number of nitrogens with zero attached hydrogens (tertiary/aromatic N) is 3. The molecule has 0 fully saturated rings. The molecular formula is C26H29N3O3S2. The normalized spacial score (nSPS) is 12.4. The number of rotatable bonds is 4. The molecule has 6 nitrogen and oxygen atoms in total. The van der Waals surface area contributed by atoms with Crippen LogP contribution in [0, 0.1) is 6.92 Å². The lowest BCUT2D eigenvalue weighted by atomic mass is 9.78. The van der Waals surface area contributed by atoms with E-state index in [4.69, 9.17) is 0 Å². The summed E-state index contributed by atoms with van der Waals surface area (Å²) in [4.78, 5) is 32.0. The van der Waals surface area contributed by atoms with E-state index in [1.165, 1.54) is 27.4 Å². The SMILES string of the molecule is Cc1nc2c(=O)n(CC(=O)c3cc(C(C)(C)C)c(O)c(C(C)(C)C)c3)nc(-c3cccs3)c2s1. The van der Waals surface area contributed by atoms with E-state index < -0.39 is 0 Å². The van der Waals surface area contributed by atoms with Gasteiger partial charge >= 0.3 is 0 Å². The first-order chi connectivity index (χ1) is 15.8. The Bertz CT molecular complexity index is 1410. The topological polar surface area (TPSA) is 85.1 Å². The number of hydrogen-bond acceptors (Lipinski definition) is 7. The lowest BCUT2D eigenvalue weighted by molar-refractivity contribution is 0.0966. The molecule has 0 atom stereocenters. The number of carbonyl (C=O) groups is 1. The lowest BCUT2D eigenvalue weighted by Crippen LogP contribution is -2.28. The summed E-state index contributed by atoms with van der Waals surface area (Å²) in [6, 6.07) is 7.36. The average molecular weight is 496 g/mol. The molecule has 0 aliphatic heterocycles. The van der Waals surface area contributed by atoms with Crippen molar-refractivity contribution in [3.05, 3.63) is 61.7 Å². The second kappa shape index (κ2) is 8.43. The summed E-state index contributed by atoms with van der Waals surface area (Å²) >= 11 is 2.96. The van der Waals surface area contributed by atoms with Crippen molar-refractivity contribution < 1.29 is 9.90 Å². The third-order valence-corrected chi connectivity index (χ3v) is 7.56. The Hall–Kier alpha value is -2.84. The van der Waals surface area contributed by atoms with Crippen LogP contribution >= 0.6 is 22.7 Å². The van der Waals surface area contributed by atoms with E-state index in [-0.39, 0.29) is 34.5 Å². The molecule has 8 heteroatoms. The molecule has 4 rings (SSSR count). The largest absolute Gasteiger partial charge is 0.507 e. The van der Waals surface area contributed by atoms with Gasteiger partial charge in [0, 0.05) is 16.7 Å². The molecule has 0 saturated heterocycles. The Kier molecular flexibility index (Phi) is 6.02. The minimum atomic E-state index is -0.376. The molecule has 0 bridgehead atoms. The van der Waals surface area contributed by atoms with Crippen LogP contribution in [0.4, 0.5) is 0 Å². The highest BCUT2D eigenvalue weighted by molar-refractivity contribution is 7.20. The molecule has 1 N–H and O–H groups in total. The van der Waals surface area contributed by atoms with Crippen LogP contribution in [0.1, 0.15) is 68.0 Å². The van der Waals surface area contributed by atoms with Gasteiger partial charge in [-0.3, -0.25) is 9.59 Å². The fourth-order valence-corrected chi connectivity index (χ4v) is 5.60. The van der Waals surface area contributed by atoms with Crippen molar-refractivity contribution in [2.75, 3.05) is 0 Å². The minimum absolute atomic E-state index is 0.207. The van der Waals surface area contributed by atoms with Gasteiger partial charge in [-0.25, -0.2) is 9.67 Å². The molecule has 0 aliphatic rings. The van der Waals surface area contributed by atoms with Crippen LogP contribution in [0.5, 0.6) is 5.75 Å². The number of phenols is 1. The number of ketones is 1. The molecule has 0 amide bonds. The van der Waals surface area contributed by atoms with E-state index in [1.54, 1.807) is 12.1 Å². The van der Waals surface area contributed by atoms with Crippen LogP contribution in [-0.2, 0) is 17.4 Å². The Morgan fingerprint density at radius 1 is 1.09 bits per heavy atom. The highest BCUT2D eigenvalue weighted by atomic mass is 32.1. The molecule has 0 unspecified atom stereocenters. The van der Waals surface area contributed by atoms with Crippen molar-refractivity contribution in [1.82, 2.24) is 14.8 Å². The second-order valence-corrected chi connectivity index (χ2v) is 12.7. The zero-order valence-corrected chi connectivity index (χ0v) is 22.1. The third kappa shape index (κ3) is 4.44. The van der Waals surface area contributed by atoms with Crippen molar-refractivity contribution >= 4 is 38.7 Å². The summed E-state index contributed by atoms with van der Waals surface area (Å²) in [6.45, 7) is 13.7. The van der Waals surface area contributed by atoms with Gasteiger partial charge in [-0.1, -0.05) is 47.6 Å². The molecule has 3 aromatic heterocycles. The summed E-state index contributed by atoms with van der Waals surface area (Å²) in [5.74, 6) is -0.0276. The van der Waals surface area contributed by atoms with Crippen molar-refractivity contribution in [1.29, 1.82) is 0 Å². The van der Waals surface area contributed by atoms with Crippen LogP contribution < -0.4 is 5.56 Å². The maximum Gasteiger partial charge on any atom is 0.294 e. The Balaban J connectivity index is 1.85. The number of thiophene rings is 1. The third-order valence-electron chi connectivity index (χ3n) is 5.70. The first-order valence-electron chi connectivity index (χ1n) is 11.1. The van der Waals surface area contributed by atoms with Gasteiger partial charge < -0.3 is 5.11 Å². The predicted molar refractivity (Wildman–Crippen MR) is 140 cm³/mol. The molecule has 0 saturated carbocycles. The van der Waals surface area contributed by atoms with Gasteiger partial charge in [-0.05, 0) is 41.3 Å². The zero-order chi connectivity index (χ0) is 25.0. The zero-order valence-electron chi connectivity index (χ0n) is 20.5. The summed E-state index contributed by atoms with van der Waals surface area (Å²) in [7, 11) is 0. The molecule has 3 heterocycles. The van der Waals surface area contributed by atoms with E-state index in [9.17, 15) is 14.7 Å². The van der Waals surface area contributed by atoms with Gasteiger partial charge in [-0.15, -0.1) is 22.7 Å².